The van der Waals surface area contributed by atoms with Gasteiger partial charge in [0.15, 0.2) is 0 Å². The zero-order valence-corrected chi connectivity index (χ0v) is 14.1. The van der Waals surface area contributed by atoms with Gasteiger partial charge in [0, 0.05) is 50.3 Å². The van der Waals surface area contributed by atoms with Crippen molar-refractivity contribution in [3.05, 3.63) is 60.2 Å². The Hall–Kier alpha value is -2.67. The molecule has 2 aromatic heterocycles. The van der Waals surface area contributed by atoms with Crippen molar-refractivity contribution in [1.82, 2.24) is 19.5 Å². The van der Waals surface area contributed by atoms with Crippen LogP contribution in [-0.4, -0.2) is 45.7 Å². The molecule has 0 bridgehead atoms. The Balaban J connectivity index is 1.47. The number of benzene rings is 1. The highest BCUT2D eigenvalue weighted by Gasteiger charge is 2.19. The van der Waals surface area contributed by atoms with E-state index in [0.717, 1.165) is 43.5 Å². The molecule has 0 aliphatic carbocycles. The van der Waals surface area contributed by atoms with Crippen LogP contribution in [0.15, 0.2) is 49.3 Å². The molecule has 3 heterocycles. The number of hydrogen-bond donors (Lipinski definition) is 0. The summed E-state index contributed by atoms with van der Waals surface area (Å²) in [4.78, 5) is 17.1. The number of hydrogen-bond acceptors (Lipinski definition) is 5. The molecule has 0 N–H and O–H groups in total. The lowest BCUT2D eigenvalue weighted by Crippen LogP contribution is -2.46. The van der Waals surface area contributed by atoms with Gasteiger partial charge in [0.05, 0.1) is 5.02 Å². The maximum atomic E-state index is 13.3. The molecule has 1 saturated heterocycles. The molecule has 4 rings (SSSR count). The molecule has 0 spiro atoms. The standard InChI is InChI=1S/C17H16ClFN6/c18-14-9-13(1-2-15(14)19)23-5-7-24(8-6-23)16-10-17(22-11-21-16)25-4-3-20-12-25/h1-4,9-12H,5-8H2. The molecule has 0 radical (unpaired) electrons. The van der Waals surface area contributed by atoms with Gasteiger partial charge in [-0.1, -0.05) is 11.6 Å². The number of nitrogens with zero attached hydrogens (tertiary/aromatic N) is 6. The molecule has 1 aromatic carbocycles. The second kappa shape index (κ2) is 6.68. The number of anilines is 2. The van der Waals surface area contributed by atoms with Gasteiger partial charge in [-0.2, -0.15) is 0 Å². The van der Waals surface area contributed by atoms with E-state index in [-0.39, 0.29) is 5.02 Å². The Kier molecular flexibility index (Phi) is 4.23. The van der Waals surface area contributed by atoms with Gasteiger partial charge in [0.2, 0.25) is 0 Å². The maximum absolute atomic E-state index is 13.3. The van der Waals surface area contributed by atoms with Gasteiger partial charge in [-0.3, -0.25) is 4.57 Å². The second-order valence-corrected chi connectivity index (χ2v) is 6.18. The summed E-state index contributed by atoms with van der Waals surface area (Å²) in [7, 11) is 0. The van der Waals surface area contributed by atoms with E-state index in [1.54, 1.807) is 31.0 Å². The molecule has 0 saturated carbocycles. The van der Waals surface area contributed by atoms with Crippen LogP contribution < -0.4 is 9.80 Å². The van der Waals surface area contributed by atoms with Crippen molar-refractivity contribution in [3.63, 3.8) is 0 Å². The number of aromatic nitrogens is 4. The first kappa shape index (κ1) is 15.8. The summed E-state index contributed by atoms with van der Waals surface area (Å²) < 4.78 is 15.2. The molecule has 6 nitrogen and oxygen atoms in total. The summed E-state index contributed by atoms with van der Waals surface area (Å²) in [6, 6.07) is 6.80. The molecule has 1 aliphatic rings. The van der Waals surface area contributed by atoms with Crippen molar-refractivity contribution in [2.24, 2.45) is 0 Å². The fourth-order valence-corrected chi connectivity index (χ4v) is 3.10. The Bertz CT molecular complexity index is 861. The minimum atomic E-state index is -0.392. The van der Waals surface area contributed by atoms with Crippen LogP contribution in [0.25, 0.3) is 5.82 Å². The SMILES string of the molecule is Fc1ccc(N2CCN(c3cc(-n4ccnc4)ncn3)CC2)cc1Cl. The average molecular weight is 359 g/mol. The van der Waals surface area contributed by atoms with E-state index in [2.05, 4.69) is 24.8 Å². The minimum Gasteiger partial charge on any atom is -0.368 e. The number of imidazole rings is 1. The van der Waals surface area contributed by atoms with Gasteiger partial charge in [0.25, 0.3) is 0 Å². The van der Waals surface area contributed by atoms with Crippen LogP contribution >= 0.6 is 11.6 Å². The van der Waals surface area contributed by atoms with Crippen molar-refractivity contribution in [2.75, 3.05) is 36.0 Å². The molecule has 3 aromatic rings. The smallest absolute Gasteiger partial charge is 0.143 e. The first-order valence-corrected chi connectivity index (χ1v) is 8.34. The normalized spacial score (nSPS) is 14.8. The predicted octanol–water partition coefficient (Wildman–Crippen LogP) is 2.78. The van der Waals surface area contributed by atoms with Gasteiger partial charge >= 0.3 is 0 Å². The van der Waals surface area contributed by atoms with Gasteiger partial charge in [0.1, 0.15) is 30.1 Å². The summed E-state index contributed by atoms with van der Waals surface area (Å²) in [6.45, 7) is 3.25. The number of piperazine rings is 1. The van der Waals surface area contributed by atoms with Crippen LogP contribution in [0.3, 0.4) is 0 Å². The Morgan fingerprint density at radius 1 is 0.960 bits per heavy atom. The lowest BCUT2D eigenvalue weighted by molar-refractivity contribution is 0.624. The highest BCUT2D eigenvalue weighted by atomic mass is 35.5. The van der Waals surface area contributed by atoms with Crippen LogP contribution in [0.5, 0.6) is 0 Å². The molecule has 0 unspecified atom stereocenters. The summed E-state index contributed by atoms with van der Waals surface area (Å²) in [5.74, 6) is 1.28. The number of rotatable bonds is 3. The van der Waals surface area contributed by atoms with Crippen molar-refractivity contribution in [1.29, 1.82) is 0 Å². The van der Waals surface area contributed by atoms with Crippen molar-refractivity contribution in [2.45, 2.75) is 0 Å². The van der Waals surface area contributed by atoms with E-state index in [4.69, 9.17) is 11.6 Å². The van der Waals surface area contributed by atoms with E-state index in [1.807, 2.05) is 16.8 Å². The van der Waals surface area contributed by atoms with E-state index < -0.39 is 5.82 Å². The van der Waals surface area contributed by atoms with Crippen LogP contribution in [0.2, 0.25) is 5.02 Å². The molecule has 0 amide bonds. The largest absolute Gasteiger partial charge is 0.368 e. The van der Waals surface area contributed by atoms with E-state index in [1.165, 1.54) is 6.07 Å². The minimum absolute atomic E-state index is 0.153. The average Bonchev–Trinajstić information content (AvgIpc) is 3.19. The number of halogens is 2. The van der Waals surface area contributed by atoms with Crippen molar-refractivity contribution < 1.29 is 4.39 Å². The quantitative estimate of drug-likeness (QED) is 0.720. The van der Waals surface area contributed by atoms with Crippen LogP contribution in [0.1, 0.15) is 0 Å². The van der Waals surface area contributed by atoms with Gasteiger partial charge in [-0.15, -0.1) is 0 Å². The Morgan fingerprint density at radius 2 is 1.72 bits per heavy atom. The van der Waals surface area contributed by atoms with E-state index in [9.17, 15) is 4.39 Å². The highest BCUT2D eigenvalue weighted by molar-refractivity contribution is 6.31. The van der Waals surface area contributed by atoms with Crippen LogP contribution in [0, 0.1) is 5.82 Å². The zero-order chi connectivity index (χ0) is 17.2. The molecular formula is C17H16ClFN6. The lowest BCUT2D eigenvalue weighted by atomic mass is 10.2. The van der Waals surface area contributed by atoms with E-state index >= 15 is 0 Å². The second-order valence-electron chi connectivity index (χ2n) is 5.78. The molecule has 1 aliphatic heterocycles. The first-order chi connectivity index (χ1) is 12.2. The molecule has 25 heavy (non-hydrogen) atoms. The maximum Gasteiger partial charge on any atom is 0.143 e. The predicted molar refractivity (Wildman–Crippen MR) is 95.0 cm³/mol. The molecule has 0 atom stereocenters. The summed E-state index contributed by atoms with van der Waals surface area (Å²) >= 11 is 5.89. The molecule has 128 valence electrons. The molecule has 1 fully saturated rings. The Morgan fingerprint density at radius 3 is 2.44 bits per heavy atom. The third-order valence-electron chi connectivity index (χ3n) is 4.28. The van der Waals surface area contributed by atoms with Gasteiger partial charge in [-0.05, 0) is 18.2 Å². The van der Waals surface area contributed by atoms with Gasteiger partial charge < -0.3 is 9.80 Å². The van der Waals surface area contributed by atoms with Crippen LogP contribution in [0.4, 0.5) is 15.9 Å². The molecule has 8 heteroatoms. The summed E-state index contributed by atoms with van der Waals surface area (Å²) in [5.41, 5.74) is 0.938. The lowest BCUT2D eigenvalue weighted by Gasteiger charge is -2.36. The topological polar surface area (TPSA) is 50.1 Å². The van der Waals surface area contributed by atoms with E-state index in [0.29, 0.717) is 0 Å². The fourth-order valence-electron chi connectivity index (χ4n) is 2.92. The van der Waals surface area contributed by atoms with Crippen molar-refractivity contribution in [3.8, 4) is 5.82 Å². The third-order valence-corrected chi connectivity index (χ3v) is 4.57. The Labute approximate surface area is 149 Å². The summed E-state index contributed by atoms with van der Waals surface area (Å²) in [5, 5.41) is 0.153. The fraction of sp³-hybridized carbons (Fsp3) is 0.235. The first-order valence-electron chi connectivity index (χ1n) is 7.96. The third kappa shape index (κ3) is 3.28. The zero-order valence-electron chi connectivity index (χ0n) is 13.4. The van der Waals surface area contributed by atoms with Gasteiger partial charge in [-0.25, -0.2) is 19.3 Å². The summed E-state index contributed by atoms with van der Waals surface area (Å²) in [6.07, 6.45) is 6.84. The highest BCUT2D eigenvalue weighted by Crippen LogP contribution is 2.24. The van der Waals surface area contributed by atoms with Crippen LogP contribution in [-0.2, 0) is 0 Å². The molecular weight excluding hydrogens is 343 g/mol. The monoisotopic (exact) mass is 358 g/mol. The van der Waals surface area contributed by atoms with Crippen molar-refractivity contribution >= 4 is 23.1 Å².